The lowest BCUT2D eigenvalue weighted by atomic mass is 10.2. The summed E-state index contributed by atoms with van der Waals surface area (Å²) in [7, 11) is 3.84. The molecule has 0 saturated heterocycles. The monoisotopic (exact) mass is 313 g/mol. The van der Waals surface area contributed by atoms with Crippen molar-refractivity contribution in [2.75, 3.05) is 36.7 Å². The van der Waals surface area contributed by atoms with Crippen LogP contribution in [0.25, 0.3) is 0 Å². The number of hydrogen-bond acceptors (Lipinski definition) is 4. The Bertz CT molecular complexity index is 684. The Morgan fingerprint density at radius 3 is 2.65 bits per heavy atom. The van der Waals surface area contributed by atoms with Crippen LogP contribution in [0.4, 0.5) is 17.1 Å². The number of carbonyl (C=O) groups is 1. The summed E-state index contributed by atoms with van der Waals surface area (Å²) in [6.07, 6.45) is 0.925. The number of rotatable bonds is 6. The molecule has 2 aromatic carbocycles. The van der Waals surface area contributed by atoms with Crippen LogP contribution in [0.5, 0.6) is 5.75 Å². The van der Waals surface area contributed by atoms with Gasteiger partial charge in [-0.25, -0.2) is 0 Å². The maximum absolute atomic E-state index is 12.4. The van der Waals surface area contributed by atoms with Crippen molar-refractivity contribution in [3.05, 3.63) is 48.0 Å². The van der Waals surface area contributed by atoms with Gasteiger partial charge in [0, 0.05) is 25.3 Å². The van der Waals surface area contributed by atoms with Crippen molar-refractivity contribution >= 4 is 23.0 Å². The second kappa shape index (κ2) is 7.54. The number of anilines is 3. The molecule has 2 rings (SSSR count). The smallest absolute Gasteiger partial charge is 0.255 e. The minimum atomic E-state index is -0.191. The molecule has 0 saturated carbocycles. The van der Waals surface area contributed by atoms with E-state index in [2.05, 4.69) is 5.32 Å². The molecule has 0 radical (unpaired) electrons. The molecule has 1 amide bonds. The number of nitrogen functional groups attached to an aromatic ring is 1. The number of carbonyl (C=O) groups excluding carboxylic acids is 1. The third kappa shape index (κ3) is 4.39. The Balaban J connectivity index is 2.11. The van der Waals surface area contributed by atoms with E-state index in [-0.39, 0.29) is 5.91 Å². The van der Waals surface area contributed by atoms with Crippen molar-refractivity contribution in [3.63, 3.8) is 0 Å². The molecule has 5 nitrogen and oxygen atoms in total. The minimum absolute atomic E-state index is 0.191. The summed E-state index contributed by atoms with van der Waals surface area (Å²) in [4.78, 5) is 14.3. The van der Waals surface area contributed by atoms with Crippen LogP contribution in [0.15, 0.2) is 42.5 Å². The van der Waals surface area contributed by atoms with Gasteiger partial charge in [-0.05, 0) is 42.8 Å². The third-order valence-electron chi connectivity index (χ3n) is 3.34. The maximum Gasteiger partial charge on any atom is 0.255 e. The van der Waals surface area contributed by atoms with Gasteiger partial charge in [0.15, 0.2) is 0 Å². The van der Waals surface area contributed by atoms with Gasteiger partial charge in [0.25, 0.3) is 5.91 Å². The molecule has 0 fully saturated rings. The van der Waals surface area contributed by atoms with E-state index in [1.165, 1.54) is 0 Å². The van der Waals surface area contributed by atoms with Crippen LogP contribution in [0.2, 0.25) is 0 Å². The average molecular weight is 313 g/mol. The van der Waals surface area contributed by atoms with Gasteiger partial charge < -0.3 is 20.7 Å². The quantitative estimate of drug-likeness (QED) is 0.802. The van der Waals surface area contributed by atoms with Crippen LogP contribution in [0.1, 0.15) is 23.7 Å². The Morgan fingerprint density at radius 2 is 2.00 bits per heavy atom. The lowest BCUT2D eigenvalue weighted by Gasteiger charge is -2.16. The molecule has 0 aromatic heterocycles. The first-order chi connectivity index (χ1) is 11.0. The van der Waals surface area contributed by atoms with Gasteiger partial charge in [0.1, 0.15) is 5.75 Å². The van der Waals surface area contributed by atoms with Crippen LogP contribution < -0.4 is 20.7 Å². The van der Waals surface area contributed by atoms with Crippen molar-refractivity contribution in [3.8, 4) is 5.75 Å². The van der Waals surface area contributed by atoms with Gasteiger partial charge in [0.05, 0.1) is 18.0 Å². The average Bonchev–Trinajstić information content (AvgIpc) is 2.53. The van der Waals surface area contributed by atoms with Crippen LogP contribution in [0.3, 0.4) is 0 Å². The summed E-state index contributed by atoms with van der Waals surface area (Å²) in [5.41, 5.74) is 8.75. The van der Waals surface area contributed by atoms with Crippen molar-refractivity contribution in [1.82, 2.24) is 0 Å². The fraction of sp³-hybridized carbons (Fsp3) is 0.278. The summed E-state index contributed by atoms with van der Waals surface area (Å²) in [5.74, 6) is 0.505. The normalized spacial score (nSPS) is 10.2. The zero-order valence-corrected chi connectivity index (χ0v) is 13.8. The number of nitrogens with zero attached hydrogens (tertiary/aromatic N) is 1. The van der Waals surface area contributed by atoms with E-state index in [4.69, 9.17) is 10.5 Å². The largest absolute Gasteiger partial charge is 0.494 e. The molecular formula is C18H23N3O2. The molecular weight excluding hydrogens is 290 g/mol. The standard InChI is InChI=1S/C18H23N3O2/c1-4-10-23-15-7-5-6-13(11-15)18(22)20-14-8-9-17(21(2)3)16(19)12-14/h5-9,11-12H,4,10,19H2,1-3H3,(H,20,22). The molecule has 0 unspecified atom stereocenters. The molecule has 5 heteroatoms. The van der Waals surface area contributed by atoms with E-state index in [1.807, 2.05) is 50.2 Å². The fourth-order valence-corrected chi connectivity index (χ4v) is 2.19. The first-order valence-corrected chi connectivity index (χ1v) is 7.62. The number of benzene rings is 2. The van der Waals surface area contributed by atoms with E-state index in [0.717, 1.165) is 12.1 Å². The Labute approximate surface area is 137 Å². The molecule has 0 aliphatic carbocycles. The van der Waals surface area contributed by atoms with Gasteiger partial charge in [-0.3, -0.25) is 4.79 Å². The van der Waals surface area contributed by atoms with E-state index in [9.17, 15) is 4.79 Å². The fourth-order valence-electron chi connectivity index (χ4n) is 2.19. The van der Waals surface area contributed by atoms with Crippen LogP contribution in [-0.2, 0) is 0 Å². The first-order valence-electron chi connectivity index (χ1n) is 7.62. The Kier molecular flexibility index (Phi) is 5.46. The highest BCUT2D eigenvalue weighted by atomic mass is 16.5. The molecule has 0 aliphatic heterocycles. The zero-order chi connectivity index (χ0) is 16.8. The summed E-state index contributed by atoms with van der Waals surface area (Å²) in [6, 6.07) is 12.6. The molecule has 3 N–H and O–H groups in total. The molecule has 0 atom stereocenters. The number of nitrogens with one attached hydrogen (secondary N) is 1. The van der Waals surface area contributed by atoms with Crippen molar-refractivity contribution in [2.45, 2.75) is 13.3 Å². The number of amides is 1. The molecule has 0 bridgehead atoms. The van der Waals surface area contributed by atoms with Gasteiger partial charge >= 0.3 is 0 Å². The summed E-state index contributed by atoms with van der Waals surface area (Å²) < 4.78 is 5.55. The third-order valence-corrected chi connectivity index (χ3v) is 3.34. The predicted molar refractivity (Wildman–Crippen MR) is 95.4 cm³/mol. The highest BCUT2D eigenvalue weighted by molar-refractivity contribution is 6.04. The van der Waals surface area contributed by atoms with Crippen LogP contribution >= 0.6 is 0 Å². The molecule has 0 spiro atoms. The number of ether oxygens (including phenoxy) is 1. The van der Waals surface area contributed by atoms with E-state index >= 15 is 0 Å². The van der Waals surface area contributed by atoms with E-state index in [0.29, 0.717) is 29.3 Å². The Hall–Kier alpha value is -2.69. The summed E-state index contributed by atoms with van der Waals surface area (Å²) in [5, 5.41) is 2.86. The molecule has 0 aliphatic rings. The van der Waals surface area contributed by atoms with Crippen molar-refractivity contribution < 1.29 is 9.53 Å². The highest BCUT2D eigenvalue weighted by Crippen LogP contribution is 2.25. The second-order valence-electron chi connectivity index (χ2n) is 5.50. The minimum Gasteiger partial charge on any atom is -0.494 e. The lowest BCUT2D eigenvalue weighted by Crippen LogP contribution is -2.14. The maximum atomic E-state index is 12.4. The molecule has 23 heavy (non-hydrogen) atoms. The second-order valence-corrected chi connectivity index (χ2v) is 5.50. The SMILES string of the molecule is CCCOc1cccc(C(=O)Nc2ccc(N(C)C)c(N)c2)c1. The van der Waals surface area contributed by atoms with E-state index in [1.54, 1.807) is 18.2 Å². The first kappa shape index (κ1) is 16.7. The van der Waals surface area contributed by atoms with Gasteiger partial charge in [-0.2, -0.15) is 0 Å². The zero-order valence-electron chi connectivity index (χ0n) is 13.8. The highest BCUT2D eigenvalue weighted by Gasteiger charge is 2.09. The van der Waals surface area contributed by atoms with Crippen LogP contribution in [-0.4, -0.2) is 26.6 Å². The number of nitrogens with two attached hydrogens (primary N) is 1. The molecule has 0 heterocycles. The van der Waals surface area contributed by atoms with Crippen molar-refractivity contribution in [1.29, 1.82) is 0 Å². The topological polar surface area (TPSA) is 67.6 Å². The summed E-state index contributed by atoms with van der Waals surface area (Å²) in [6.45, 7) is 2.67. The summed E-state index contributed by atoms with van der Waals surface area (Å²) >= 11 is 0. The molecule has 122 valence electrons. The van der Waals surface area contributed by atoms with Gasteiger partial charge in [0.2, 0.25) is 0 Å². The van der Waals surface area contributed by atoms with Gasteiger partial charge in [-0.1, -0.05) is 13.0 Å². The van der Waals surface area contributed by atoms with Crippen LogP contribution in [0, 0.1) is 0 Å². The molecule has 2 aromatic rings. The predicted octanol–water partition coefficient (Wildman–Crippen LogP) is 3.38. The van der Waals surface area contributed by atoms with Gasteiger partial charge in [-0.15, -0.1) is 0 Å². The van der Waals surface area contributed by atoms with E-state index < -0.39 is 0 Å². The number of hydrogen-bond donors (Lipinski definition) is 2. The lowest BCUT2D eigenvalue weighted by molar-refractivity contribution is 0.102. The van der Waals surface area contributed by atoms with Crippen molar-refractivity contribution in [2.24, 2.45) is 0 Å². The Morgan fingerprint density at radius 1 is 1.22 bits per heavy atom.